The Morgan fingerprint density at radius 2 is 1.50 bits per heavy atom. The van der Waals surface area contributed by atoms with Gasteiger partial charge < -0.3 is 5.11 Å². The molecule has 5 nitrogen and oxygen atoms in total. The molecule has 1 aromatic rings. The van der Waals surface area contributed by atoms with Gasteiger partial charge in [-0.2, -0.15) is 0 Å². The smallest absolute Gasteiger partial charge is 0.306 e. The lowest BCUT2D eigenvalue weighted by atomic mass is 9.85. The van der Waals surface area contributed by atoms with Gasteiger partial charge in [0.25, 0.3) is 11.8 Å². The molecule has 1 aliphatic heterocycles. The SMILES string of the molecule is O=C1c2ccccc2C(=O)N1[C@H]1CC[C@H](C(=O)O)CC1. The van der Waals surface area contributed by atoms with Crippen LogP contribution in [0.1, 0.15) is 46.4 Å². The molecule has 1 heterocycles. The summed E-state index contributed by atoms with van der Waals surface area (Å²) in [6.45, 7) is 0. The van der Waals surface area contributed by atoms with E-state index in [0.29, 0.717) is 36.8 Å². The molecule has 0 spiro atoms. The lowest BCUT2D eigenvalue weighted by Gasteiger charge is -2.31. The number of carbonyl (C=O) groups excluding carboxylic acids is 2. The molecule has 1 aromatic carbocycles. The fourth-order valence-corrected chi connectivity index (χ4v) is 3.12. The standard InChI is InChI=1S/C15H15NO4/c17-13-11-3-1-2-4-12(11)14(18)16(13)10-7-5-9(6-8-10)15(19)20/h1-4,9-10H,5-8H2,(H,19,20)/t9-,10-. The Morgan fingerprint density at radius 1 is 1.00 bits per heavy atom. The fraction of sp³-hybridized carbons (Fsp3) is 0.400. The molecule has 104 valence electrons. The van der Waals surface area contributed by atoms with Gasteiger partial charge in [-0.15, -0.1) is 0 Å². The average molecular weight is 273 g/mol. The van der Waals surface area contributed by atoms with Gasteiger partial charge in [-0.25, -0.2) is 0 Å². The number of amides is 2. The van der Waals surface area contributed by atoms with E-state index in [4.69, 9.17) is 5.11 Å². The summed E-state index contributed by atoms with van der Waals surface area (Å²) in [5, 5.41) is 8.99. The third-order valence-electron chi connectivity index (χ3n) is 4.24. The van der Waals surface area contributed by atoms with Gasteiger partial charge >= 0.3 is 5.97 Å². The highest BCUT2D eigenvalue weighted by molar-refractivity contribution is 6.21. The van der Waals surface area contributed by atoms with Crippen molar-refractivity contribution in [2.75, 3.05) is 0 Å². The molecule has 0 unspecified atom stereocenters. The maximum absolute atomic E-state index is 12.3. The van der Waals surface area contributed by atoms with E-state index in [9.17, 15) is 14.4 Å². The first-order chi connectivity index (χ1) is 9.59. The minimum absolute atomic E-state index is 0.169. The number of aliphatic carboxylic acids is 1. The molecular formula is C15H15NO4. The van der Waals surface area contributed by atoms with Gasteiger partial charge in [-0.3, -0.25) is 19.3 Å². The average Bonchev–Trinajstić information content (AvgIpc) is 2.72. The van der Waals surface area contributed by atoms with Gasteiger partial charge in [-0.1, -0.05) is 12.1 Å². The molecule has 0 aromatic heterocycles. The van der Waals surface area contributed by atoms with Gasteiger partial charge in [0.05, 0.1) is 17.0 Å². The van der Waals surface area contributed by atoms with Gasteiger partial charge in [0.1, 0.15) is 0 Å². The minimum atomic E-state index is -0.786. The van der Waals surface area contributed by atoms with Crippen LogP contribution in [-0.4, -0.2) is 33.8 Å². The molecule has 0 radical (unpaired) electrons. The van der Waals surface area contributed by atoms with E-state index in [1.807, 2.05) is 0 Å². The fourth-order valence-electron chi connectivity index (χ4n) is 3.12. The molecule has 1 saturated carbocycles. The lowest BCUT2D eigenvalue weighted by Crippen LogP contribution is -2.42. The number of benzene rings is 1. The Kier molecular flexibility index (Phi) is 3.04. The summed E-state index contributed by atoms with van der Waals surface area (Å²) in [5.74, 6) is -1.62. The van der Waals surface area contributed by atoms with Gasteiger partial charge in [0, 0.05) is 6.04 Å². The predicted octanol–water partition coefficient (Wildman–Crippen LogP) is 1.93. The third-order valence-corrected chi connectivity index (χ3v) is 4.24. The lowest BCUT2D eigenvalue weighted by molar-refractivity contribution is -0.143. The summed E-state index contributed by atoms with van der Waals surface area (Å²) in [7, 11) is 0. The van der Waals surface area contributed by atoms with E-state index >= 15 is 0 Å². The molecule has 3 rings (SSSR count). The number of carbonyl (C=O) groups is 3. The van der Waals surface area contributed by atoms with E-state index < -0.39 is 5.97 Å². The number of nitrogens with zero attached hydrogens (tertiary/aromatic N) is 1. The summed E-state index contributed by atoms with van der Waals surface area (Å²) in [6, 6.07) is 6.65. The number of imide groups is 1. The zero-order valence-corrected chi connectivity index (χ0v) is 10.9. The summed E-state index contributed by atoms with van der Waals surface area (Å²) in [4.78, 5) is 36.9. The van der Waals surface area contributed by atoms with Gasteiger partial charge in [-0.05, 0) is 37.8 Å². The Balaban J connectivity index is 1.79. The molecule has 1 fully saturated rings. The summed E-state index contributed by atoms with van der Waals surface area (Å²) >= 11 is 0. The maximum Gasteiger partial charge on any atom is 0.306 e. The van der Waals surface area contributed by atoms with E-state index in [-0.39, 0.29) is 23.8 Å². The Bertz CT molecular complexity index is 552. The molecular weight excluding hydrogens is 258 g/mol. The van der Waals surface area contributed by atoms with Crippen LogP contribution in [0.5, 0.6) is 0 Å². The van der Waals surface area contributed by atoms with E-state index in [1.54, 1.807) is 24.3 Å². The molecule has 5 heteroatoms. The first-order valence-electron chi connectivity index (χ1n) is 6.79. The second-order valence-corrected chi connectivity index (χ2v) is 5.37. The van der Waals surface area contributed by atoms with Crippen molar-refractivity contribution in [3.8, 4) is 0 Å². The van der Waals surface area contributed by atoms with Gasteiger partial charge in [0.15, 0.2) is 0 Å². The number of carboxylic acids is 1. The molecule has 2 aliphatic rings. The summed E-state index contributed by atoms with van der Waals surface area (Å²) in [6.07, 6.45) is 2.19. The monoisotopic (exact) mass is 273 g/mol. The van der Waals surface area contributed by atoms with Crippen molar-refractivity contribution in [1.29, 1.82) is 0 Å². The van der Waals surface area contributed by atoms with Crippen LogP contribution >= 0.6 is 0 Å². The predicted molar refractivity (Wildman–Crippen MR) is 70.3 cm³/mol. The molecule has 1 N–H and O–H groups in total. The third kappa shape index (κ3) is 1.90. The van der Waals surface area contributed by atoms with Crippen LogP contribution in [0.2, 0.25) is 0 Å². The highest BCUT2D eigenvalue weighted by atomic mass is 16.4. The number of fused-ring (bicyclic) bond motifs is 1. The zero-order valence-electron chi connectivity index (χ0n) is 10.9. The first kappa shape index (κ1) is 12.8. The summed E-state index contributed by atoms with van der Waals surface area (Å²) < 4.78 is 0. The highest BCUT2D eigenvalue weighted by Gasteiger charge is 2.41. The number of hydrogen-bond acceptors (Lipinski definition) is 3. The molecule has 2 amide bonds. The number of carboxylic acid groups (broad SMARTS) is 1. The molecule has 0 atom stereocenters. The van der Waals surface area contributed by atoms with Crippen molar-refractivity contribution < 1.29 is 19.5 Å². The molecule has 0 saturated heterocycles. The van der Waals surface area contributed by atoms with Crippen molar-refractivity contribution in [2.45, 2.75) is 31.7 Å². The van der Waals surface area contributed by atoms with E-state index in [1.165, 1.54) is 4.90 Å². The zero-order chi connectivity index (χ0) is 14.3. The van der Waals surface area contributed by atoms with Crippen LogP contribution in [-0.2, 0) is 4.79 Å². The van der Waals surface area contributed by atoms with Crippen LogP contribution < -0.4 is 0 Å². The second-order valence-electron chi connectivity index (χ2n) is 5.37. The van der Waals surface area contributed by atoms with Crippen LogP contribution in [0, 0.1) is 5.92 Å². The molecule has 20 heavy (non-hydrogen) atoms. The van der Waals surface area contributed by atoms with Crippen LogP contribution in [0.4, 0.5) is 0 Å². The highest BCUT2D eigenvalue weighted by Crippen LogP contribution is 2.33. The second kappa shape index (κ2) is 4.74. The largest absolute Gasteiger partial charge is 0.481 e. The molecule has 1 aliphatic carbocycles. The van der Waals surface area contributed by atoms with Crippen molar-refractivity contribution in [3.63, 3.8) is 0 Å². The van der Waals surface area contributed by atoms with Crippen molar-refractivity contribution >= 4 is 17.8 Å². The Labute approximate surface area is 116 Å². The van der Waals surface area contributed by atoms with E-state index in [0.717, 1.165) is 0 Å². The number of rotatable bonds is 2. The van der Waals surface area contributed by atoms with E-state index in [2.05, 4.69) is 0 Å². The first-order valence-corrected chi connectivity index (χ1v) is 6.79. The topological polar surface area (TPSA) is 74.7 Å². The maximum atomic E-state index is 12.3. The van der Waals surface area contributed by atoms with Crippen molar-refractivity contribution in [2.24, 2.45) is 5.92 Å². The van der Waals surface area contributed by atoms with Gasteiger partial charge in [0.2, 0.25) is 0 Å². The van der Waals surface area contributed by atoms with Crippen LogP contribution in [0.25, 0.3) is 0 Å². The van der Waals surface area contributed by atoms with Crippen molar-refractivity contribution in [3.05, 3.63) is 35.4 Å². The minimum Gasteiger partial charge on any atom is -0.481 e. The quantitative estimate of drug-likeness (QED) is 0.835. The summed E-state index contributed by atoms with van der Waals surface area (Å²) in [5.41, 5.74) is 0.913. The Hall–Kier alpha value is -2.17. The number of hydrogen-bond donors (Lipinski definition) is 1. The van der Waals surface area contributed by atoms with Crippen LogP contribution in [0.3, 0.4) is 0 Å². The Morgan fingerprint density at radius 3 is 1.95 bits per heavy atom. The molecule has 0 bridgehead atoms. The normalized spacial score (nSPS) is 25.7. The van der Waals surface area contributed by atoms with Crippen molar-refractivity contribution in [1.82, 2.24) is 4.90 Å². The van der Waals surface area contributed by atoms with Crippen LogP contribution in [0.15, 0.2) is 24.3 Å².